The zero-order valence-corrected chi connectivity index (χ0v) is 19.5. The quantitative estimate of drug-likeness (QED) is 0.420. The van der Waals surface area contributed by atoms with Crippen molar-refractivity contribution in [2.24, 2.45) is 5.92 Å². The molecule has 0 unspecified atom stereocenters. The number of piperazine rings is 1. The minimum atomic E-state index is -0.369. The number of pyridine rings is 1. The third kappa shape index (κ3) is 5.17. The van der Waals surface area contributed by atoms with Gasteiger partial charge in [-0.25, -0.2) is 0 Å². The van der Waals surface area contributed by atoms with E-state index in [2.05, 4.69) is 32.2 Å². The van der Waals surface area contributed by atoms with Crippen LogP contribution in [-0.2, 0) is 24.2 Å². The highest BCUT2D eigenvalue weighted by atomic mass is 16.6. The molecule has 2 aliphatic rings. The van der Waals surface area contributed by atoms with Crippen LogP contribution in [0.4, 0.5) is 11.4 Å². The van der Waals surface area contributed by atoms with Gasteiger partial charge in [-0.3, -0.25) is 24.8 Å². The summed E-state index contributed by atoms with van der Waals surface area (Å²) in [5.74, 6) is -0.290. The molecule has 3 heterocycles. The Morgan fingerprint density at radius 1 is 1.09 bits per heavy atom. The van der Waals surface area contributed by atoms with E-state index in [9.17, 15) is 14.9 Å². The molecule has 1 N–H and O–H groups in total. The number of rotatable bonds is 7. The maximum atomic E-state index is 13.4. The molecule has 180 valence electrons. The topological polar surface area (TPSA) is 91.6 Å². The minimum absolute atomic E-state index is 0.00496. The fourth-order valence-corrected chi connectivity index (χ4v) is 5.26. The third-order valence-corrected chi connectivity index (χ3v) is 6.98. The number of nitro groups is 1. The van der Waals surface area contributed by atoms with E-state index < -0.39 is 0 Å². The normalized spacial score (nSPS) is 19.5. The lowest BCUT2D eigenvalue weighted by Crippen LogP contribution is -2.61. The molecule has 2 aliphatic heterocycles. The van der Waals surface area contributed by atoms with Gasteiger partial charge < -0.3 is 10.2 Å². The van der Waals surface area contributed by atoms with E-state index in [1.165, 1.54) is 5.56 Å². The maximum absolute atomic E-state index is 13.4. The Morgan fingerprint density at radius 2 is 1.91 bits per heavy atom. The summed E-state index contributed by atoms with van der Waals surface area (Å²) < 4.78 is 0. The molecule has 1 fully saturated rings. The maximum Gasteiger partial charge on any atom is 0.269 e. The number of nitrogens with zero attached hydrogens (tertiary/aromatic N) is 4. The Bertz CT molecular complexity index is 1190. The van der Waals surface area contributed by atoms with E-state index in [4.69, 9.17) is 0 Å². The van der Waals surface area contributed by atoms with Gasteiger partial charge in [0.15, 0.2) is 0 Å². The molecule has 0 aliphatic carbocycles. The Hall–Kier alpha value is -3.78. The first-order valence-corrected chi connectivity index (χ1v) is 12.1. The van der Waals surface area contributed by atoms with Gasteiger partial charge >= 0.3 is 0 Å². The smallest absolute Gasteiger partial charge is 0.269 e. The molecule has 2 aromatic carbocycles. The zero-order chi connectivity index (χ0) is 24.2. The summed E-state index contributed by atoms with van der Waals surface area (Å²) in [7, 11) is 0. The fourth-order valence-electron chi connectivity index (χ4n) is 5.26. The second kappa shape index (κ2) is 10.2. The summed E-state index contributed by atoms with van der Waals surface area (Å²) in [5, 5.41) is 14.5. The van der Waals surface area contributed by atoms with Gasteiger partial charge in [0.05, 0.1) is 16.9 Å². The van der Waals surface area contributed by atoms with E-state index in [0.717, 1.165) is 43.1 Å². The van der Waals surface area contributed by atoms with E-state index in [1.54, 1.807) is 18.3 Å². The van der Waals surface area contributed by atoms with Gasteiger partial charge in [0, 0.05) is 68.9 Å². The largest absolute Gasteiger partial charge is 0.365 e. The van der Waals surface area contributed by atoms with Crippen molar-refractivity contribution >= 4 is 17.3 Å². The highest BCUT2D eigenvalue weighted by molar-refractivity contribution is 5.82. The average Bonchev–Trinajstić information content (AvgIpc) is 2.89. The lowest BCUT2D eigenvalue weighted by Gasteiger charge is -2.49. The average molecular weight is 472 g/mol. The second-order valence-electron chi connectivity index (χ2n) is 9.22. The van der Waals surface area contributed by atoms with Crippen LogP contribution in [0.3, 0.4) is 0 Å². The van der Waals surface area contributed by atoms with Crippen LogP contribution >= 0.6 is 0 Å². The van der Waals surface area contributed by atoms with Crippen LogP contribution in [0.1, 0.15) is 16.8 Å². The van der Waals surface area contributed by atoms with E-state index in [-0.39, 0.29) is 28.5 Å². The molecule has 1 aromatic heterocycles. The number of nitro benzene ring substituents is 1. The summed E-state index contributed by atoms with van der Waals surface area (Å²) >= 11 is 0. The van der Waals surface area contributed by atoms with Gasteiger partial charge in [-0.2, -0.15) is 0 Å². The first kappa shape index (κ1) is 23.0. The van der Waals surface area contributed by atoms with E-state index in [1.807, 2.05) is 42.5 Å². The summed E-state index contributed by atoms with van der Waals surface area (Å²) in [6.07, 6.45) is 2.91. The molecule has 35 heavy (non-hydrogen) atoms. The van der Waals surface area contributed by atoms with Crippen molar-refractivity contribution < 1.29 is 9.72 Å². The molecule has 0 radical (unpaired) electrons. The van der Waals surface area contributed by atoms with Crippen molar-refractivity contribution in [1.29, 1.82) is 0 Å². The summed E-state index contributed by atoms with van der Waals surface area (Å²) in [4.78, 5) is 33.5. The number of anilines is 1. The predicted molar refractivity (Wildman–Crippen MR) is 134 cm³/mol. The number of carbonyl (C=O) groups is 1. The van der Waals surface area contributed by atoms with Crippen LogP contribution in [0.2, 0.25) is 0 Å². The van der Waals surface area contributed by atoms with Gasteiger partial charge in [0.1, 0.15) is 0 Å². The number of aromatic nitrogens is 1. The van der Waals surface area contributed by atoms with Crippen LogP contribution in [0.15, 0.2) is 72.9 Å². The Morgan fingerprint density at radius 3 is 2.69 bits per heavy atom. The third-order valence-electron chi connectivity index (χ3n) is 6.98. The van der Waals surface area contributed by atoms with Gasteiger partial charge in [-0.1, -0.05) is 36.4 Å². The lowest BCUT2D eigenvalue weighted by atomic mass is 9.83. The van der Waals surface area contributed by atoms with Gasteiger partial charge in [0.2, 0.25) is 5.91 Å². The molecule has 5 rings (SSSR count). The predicted octanol–water partition coefficient (Wildman–Crippen LogP) is 3.21. The molecule has 8 nitrogen and oxygen atoms in total. The van der Waals surface area contributed by atoms with Crippen LogP contribution in [0.5, 0.6) is 0 Å². The molecule has 0 spiro atoms. The van der Waals surface area contributed by atoms with Crippen molar-refractivity contribution in [1.82, 2.24) is 15.2 Å². The lowest BCUT2D eigenvalue weighted by molar-refractivity contribution is -0.384. The standard InChI is InChI=1S/C27H29N5O3/c33-27(29-13-11-22-8-4-5-12-28-22)24-17-21-16-23(32(34)35)9-10-25(21)31-15-14-30(19-26(24)31)18-20-6-2-1-3-7-20/h1-10,12,16,24,26H,11,13-15,17-19H2,(H,29,33)/t24-,26-/m0/s1. The Balaban J connectivity index is 1.35. The molecular formula is C27H29N5O3. The number of non-ortho nitro benzene ring substituents is 1. The Kier molecular flexibility index (Phi) is 6.72. The summed E-state index contributed by atoms with van der Waals surface area (Å²) in [6.45, 7) is 3.76. The number of benzene rings is 2. The van der Waals surface area contributed by atoms with Crippen LogP contribution < -0.4 is 10.2 Å². The first-order chi connectivity index (χ1) is 17.1. The summed E-state index contributed by atoms with van der Waals surface area (Å²) in [6, 6.07) is 21.2. The van der Waals surface area contributed by atoms with Crippen LogP contribution in [0, 0.1) is 16.0 Å². The molecule has 3 aromatic rings. The molecule has 2 atom stereocenters. The fraction of sp³-hybridized carbons (Fsp3) is 0.333. The minimum Gasteiger partial charge on any atom is -0.365 e. The zero-order valence-electron chi connectivity index (χ0n) is 19.5. The summed E-state index contributed by atoms with van der Waals surface area (Å²) in [5.41, 5.74) is 4.14. The second-order valence-corrected chi connectivity index (χ2v) is 9.22. The van der Waals surface area contributed by atoms with Gasteiger partial charge in [-0.05, 0) is 35.7 Å². The van der Waals surface area contributed by atoms with E-state index in [0.29, 0.717) is 19.4 Å². The number of carbonyl (C=O) groups excluding carboxylic acids is 1. The highest BCUT2D eigenvalue weighted by Crippen LogP contribution is 2.38. The SMILES string of the molecule is O=C(NCCc1ccccn1)[C@H]1Cc2cc([N+](=O)[O-])ccc2N2CCN(Cc3ccccc3)C[C@@H]12. The van der Waals surface area contributed by atoms with Gasteiger partial charge in [0.25, 0.3) is 5.69 Å². The van der Waals surface area contributed by atoms with Crippen molar-refractivity contribution in [3.63, 3.8) is 0 Å². The van der Waals surface area contributed by atoms with E-state index >= 15 is 0 Å². The Labute approximate surface area is 204 Å². The van der Waals surface area contributed by atoms with Crippen LogP contribution in [-0.4, -0.2) is 52.9 Å². The van der Waals surface area contributed by atoms with Gasteiger partial charge in [-0.15, -0.1) is 0 Å². The van der Waals surface area contributed by atoms with Crippen molar-refractivity contribution in [2.75, 3.05) is 31.1 Å². The number of fused-ring (bicyclic) bond motifs is 3. The monoisotopic (exact) mass is 471 g/mol. The van der Waals surface area contributed by atoms with Crippen molar-refractivity contribution in [3.8, 4) is 0 Å². The number of nitrogens with one attached hydrogen (secondary N) is 1. The molecule has 8 heteroatoms. The van der Waals surface area contributed by atoms with Crippen LogP contribution in [0.25, 0.3) is 0 Å². The number of amides is 1. The molecule has 1 amide bonds. The van der Waals surface area contributed by atoms with Crippen molar-refractivity contribution in [2.45, 2.75) is 25.4 Å². The van der Waals surface area contributed by atoms with Crippen molar-refractivity contribution in [3.05, 3.63) is 99.9 Å². The molecule has 0 saturated carbocycles. The molecule has 0 bridgehead atoms. The first-order valence-electron chi connectivity index (χ1n) is 12.1. The number of hydrogen-bond acceptors (Lipinski definition) is 6. The molecule has 1 saturated heterocycles. The molecular weight excluding hydrogens is 442 g/mol. The number of hydrogen-bond donors (Lipinski definition) is 1. The highest BCUT2D eigenvalue weighted by Gasteiger charge is 2.41.